The van der Waals surface area contributed by atoms with Crippen molar-refractivity contribution < 1.29 is 75.9 Å². The summed E-state index contributed by atoms with van der Waals surface area (Å²) in [6, 6.07) is 13.2. The average molecular weight is 937 g/mol. The van der Waals surface area contributed by atoms with Gasteiger partial charge in [0.05, 0.1) is 53.5 Å². The van der Waals surface area contributed by atoms with E-state index in [4.69, 9.17) is 39.5 Å². The summed E-state index contributed by atoms with van der Waals surface area (Å²) in [7, 11) is 0. The molecule has 0 radical (unpaired) electrons. The van der Waals surface area contributed by atoms with E-state index in [0.717, 1.165) is 0 Å². The van der Waals surface area contributed by atoms with E-state index in [0.29, 0.717) is 45.5 Å². The second-order valence-electron chi connectivity index (χ2n) is 13.5. The predicted molar refractivity (Wildman–Crippen MR) is 233 cm³/mol. The number of rotatable bonds is 12. The topological polar surface area (TPSA) is 206 Å². The van der Waals surface area contributed by atoms with Gasteiger partial charge in [-0.05, 0) is 70.2 Å². The third kappa shape index (κ3) is 18.8. The van der Waals surface area contributed by atoms with E-state index < -0.39 is 5.60 Å². The van der Waals surface area contributed by atoms with Crippen LogP contribution < -0.4 is 61.2 Å². The monoisotopic (exact) mass is 935 g/mol. The summed E-state index contributed by atoms with van der Waals surface area (Å²) in [6.45, 7) is 13.5. The number of hydrogen-bond acceptors (Lipinski definition) is 13. The number of carbonyl (C=O) groups is 2. The van der Waals surface area contributed by atoms with Crippen LogP contribution in [-0.2, 0) is 0 Å². The molecule has 6 aromatic heterocycles. The summed E-state index contributed by atoms with van der Waals surface area (Å²) in [4.78, 5) is 47.9. The number of halogens is 3. The Balaban J connectivity index is 0.000000480. The van der Waals surface area contributed by atoms with Crippen LogP contribution in [-0.4, -0.2) is 121 Å². The van der Waals surface area contributed by atoms with Gasteiger partial charge in [-0.2, -0.15) is 20.4 Å². The average Bonchev–Trinajstić information content (AvgIpc) is 3.98. The van der Waals surface area contributed by atoms with Crippen molar-refractivity contribution in [3.05, 3.63) is 132 Å². The van der Waals surface area contributed by atoms with E-state index in [2.05, 4.69) is 40.3 Å². The Kier molecular flexibility index (Phi) is 25.9. The van der Waals surface area contributed by atoms with Crippen LogP contribution in [0.1, 0.15) is 69.4 Å². The largest absolute Gasteiger partial charge is 1.00 e. The predicted octanol–water partition coefficient (Wildman–Crippen LogP) is 3.13. The van der Waals surface area contributed by atoms with Gasteiger partial charge in [-0.1, -0.05) is 55.6 Å². The summed E-state index contributed by atoms with van der Waals surface area (Å²) in [6.07, 6.45) is 12.3. The van der Waals surface area contributed by atoms with Crippen LogP contribution >= 0.6 is 34.8 Å². The number of carbonyl (C=O) groups excluding carboxylic acids is 2. The van der Waals surface area contributed by atoms with Crippen LogP contribution in [0.4, 0.5) is 0 Å². The molecule has 17 nitrogen and oxygen atoms in total. The van der Waals surface area contributed by atoms with Gasteiger partial charge < -0.3 is 32.2 Å². The molecule has 6 aromatic rings. The van der Waals surface area contributed by atoms with Crippen molar-refractivity contribution in [3.63, 3.8) is 0 Å². The molecule has 0 saturated carbocycles. The van der Waals surface area contributed by atoms with Crippen LogP contribution in [0.5, 0.6) is 5.88 Å². The quantitative estimate of drug-likeness (QED) is 0.107. The normalized spacial score (nSPS) is 11.2. The summed E-state index contributed by atoms with van der Waals surface area (Å²) < 4.78 is 5.68. The Morgan fingerprint density at radius 3 is 1.48 bits per heavy atom. The van der Waals surface area contributed by atoms with Gasteiger partial charge >= 0.3 is 51.4 Å². The van der Waals surface area contributed by atoms with E-state index in [1.807, 2.05) is 20.8 Å². The number of hydrogen-bond donors (Lipinski definition) is 1. The first-order chi connectivity index (χ1) is 28.6. The van der Waals surface area contributed by atoms with E-state index in [9.17, 15) is 19.8 Å². The molecule has 0 aliphatic carbocycles. The van der Waals surface area contributed by atoms with Crippen molar-refractivity contribution in [2.24, 2.45) is 0 Å². The molecule has 2 amide bonds. The zero-order valence-electron chi connectivity index (χ0n) is 36.3. The molecule has 1 N–H and O–H groups in total. The molecule has 2 atom stereocenters. The molecular formula is C41H51Cl3KN12O5-. The molecular weight excluding hydrogens is 886 g/mol. The maximum atomic E-state index is 13.1. The maximum absolute atomic E-state index is 13.1. The van der Waals surface area contributed by atoms with Gasteiger partial charge in [0.15, 0.2) is 11.4 Å². The van der Waals surface area contributed by atoms with Crippen molar-refractivity contribution in [3.8, 4) is 17.3 Å². The van der Waals surface area contributed by atoms with Crippen LogP contribution in [0, 0.1) is 7.43 Å². The van der Waals surface area contributed by atoms with E-state index in [1.54, 1.807) is 111 Å². The summed E-state index contributed by atoms with van der Waals surface area (Å²) in [5.41, 5.74) is 0.849. The molecule has 21 heteroatoms. The van der Waals surface area contributed by atoms with Crippen LogP contribution in [0.2, 0.25) is 15.2 Å². The Morgan fingerprint density at radius 2 is 1.13 bits per heavy atom. The first-order valence-electron chi connectivity index (χ1n) is 18.7. The van der Waals surface area contributed by atoms with Gasteiger partial charge in [0.25, 0.3) is 11.8 Å². The van der Waals surface area contributed by atoms with Crippen LogP contribution in [0.15, 0.2) is 98.1 Å². The van der Waals surface area contributed by atoms with Crippen LogP contribution in [0.25, 0.3) is 11.4 Å². The summed E-state index contributed by atoms with van der Waals surface area (Å²) in [5.74, 6) is -0.0125. The van der Waals surface area contributed by atoms with Crippen molar-refractivity contribution in [1.82, 2.24) is 59.7 Å². The van der Waals surface area contributed by atoms with Crippen LogP contribution in [0.3, 0.4) is 0 Å². The van der Waals surface area contributed by atoms with Gasteiger partial charge in [-0.3, -0.25) is 9.59 Å². The number of aliphatic hydroxyl groups excluding tert-OH is 1. The zero-order chi connectivity index (χ0) is 44.2. The van der Waals surface area contributed by atoms with Gasteiger partial charge in [-0.25, -0.2) is 19.9 Å². The van der Waals surface area contributed by atoms with Gasteiger partial charge in [0.1, 0.15) is 23.1 Å². The van der Waals surface area contributed by atoms with Gasteiger partial charge in [0, 0.05) is 43.9 Å². The summed E-state index contributed by atoms with van der Waals surface area (Å²) in [5, 5.41) is 37.2. The Morgan fingerprint density at radius 1 is 0.710 bits per heavy atom. The van der Waals surface area contributed by atoms with Gasteiger partial charge in [0.2, 0.25) is 5.88 Å². The second-order valence-corrected chi connectivity index (χ2v) is 14.7. The molecule has 62 heavy (non-hydrogen) atoms. The molecule has 0 unspecified atom stereocenters. The molecule has 6 heterocycles. The first kappa shape index (κ1) is 56.1. The Labute approximate surface area is 420 Å². The van der Waals surface area contributed by atoms with E-state index in [-0.39, 0.29) is 107 Å². The minimum atomic E-state index is -0.750. The number of likely N-dealkylation sites (N-methyl/N-ethyl adjacent to an activating group) is 2. The number of nitrogens with zero attached hydrogens (tertiary/aromatic N) is 12. The van der Waals surface area contributed by atoms with Gasteiger partial charge in [-0.15, -0.1) is 15.2 Å². The molecule has 0 aromatic carbocycles. The minimum Gasteiger partial charge on any atom is -0.850 e. The molecule has 328 valence electrons. The number of ether oxygens (including phenoxy) is 1. The summed E-state index contributed by atoms with van der Waals surface area (Å²) >= 11 is 16.8. The molecule has 6 rings (SSSR count). The molecule has 0 aliphatic heterocycles. The Hall–Kier alpha value is -3.95. The fourth-order valence-corrected chi connectivity index (χ4v) is 5.24. The molecule has 0 fully saturated rings. The molecule has 0 bridgehead atoms. The van der Waals surface area contributed by atoms with Crippen molar-refractivity contribution in [2.45, 2.75) is 66.2 Å². The third-order valence-corrected chi connectivity index (χ3v) is 8.31. The molecule has 0 saturated heterocycles. The Bertz CT molecular complexity index is 2140. The van der Waals surface area contributed by atoms with E-state index in [1.165, 1.54) is 34.4 Å². The van der Waals surface area contributed by atoms with E-state index >= 15 is 0 Å². The fourth-order valence-electron chi connectivity index (χ4n) is 4.91. The maximum Gasteiger partial charge on any atom is 1.00 e. The smallest absolute Gasteiger partial charge is 0.850 e. The number of amides is 2. The molecule has 0 aliphatic rings. The second kappa shape index (κ2) is 28.7. The number of aromatic nitrogens is 10. The third-order valence-electron chi connectivity index (χ3n) is 7.64. The number of pyridine rings is 4. The van der Waals surface area contributed by atoms with Crippen molar-refractivity contribution in [2.75, 3.05) is 26.3 Å². The van der Waals surface area contributed by atoms with Crippen molar-refractivity contribution >= 4 is 46.6 Å². The molecule has 0 spiro atoms. The van der Waals surface area contributed by atoms with Crippen molar-refractivity contribution in [1.29, 1.82) is 0 Å². The zero-order valence-corrected chi connectivity index (χ0v) is 41.7. The standard InChI is InChI=1S/C18H19ClN6O2.C13H17N5O2.C5H3Cl2N.C4H9O.CH3.K/c1-3-24(13(2)12-27-16-7-6-14(19)11-21-16)18(26)17-15(5-4-8-20-17)25-22-9-10-23-25;1-3-17(10(2)9-19)13(20)12-11(5-4-6-14-12)18-15-7-8-16-18;6-4-1-2-5(7)8-3-4;1-4(2,3)5;;/h4-11,13H,3,12H2,1-2H3;4-8,10,19H,3,9H2,1-2H3;1-3H;1-3H3;1H3;/q;;;2*-1;+1/t13-;10-;;;;/m00..../s1. The SMILES string of the molecule is CC(C)(C)[O-].CCN(C(=O)c1ncccc1-n1nccn1)[C@@H](C)CO.CCN(C(=O)c1ncccc1-n1nccn1)[C@@H](C)COc1ccc(Cl)cn1.Clc1ccc(Cl)nc1.[CH3-].[K+]. The number of aliphatic hydroxyl groups is 1. The fraction of sp³-hybridized carbons (Fsp3) is 0.341. The minimum absolute atomic E-state index is 0. The first-order valence-corrected chi connectivity index (χ1v) is 19.8.